The van der Waals surface area contributed by atoms with Crippen LogP contribution in [-0.2, 0) is 7.05 Å². The maximum absolute atomic E-state index is 4.09. The van der Waals surface area contributed by atoms with Crippen molar-refractivity contribution in [2.45, 2.75) is 33.1 Å². The summed E-state index contributed by atoms with van der Waals surface area (Å²) in [6.07, 6.45) is 1.24. The number of rotatable bonds is 3. The smallest absolute Gasteiger partial charge is 0.0742 e. The number of fused-ring (bicyclic) bond motifs is 3. The van der Waals surface area contributed by atoms with Crippen LogP contribution in [0.3, 0.4) is 0 Å². The number of quaternary nitrogens is 1. The topological polar surface area (TPSA) is 32.6 Å². The van der Waals surface area contributed by atoms with Crippen molar-refractivity contribution in [3.05, 3.63) is 47.7 Å². The van der Waals surface area contributed by atoms with Gasteiger partial charge in [0.25, 0.3) is 0 Å². The molecule has 2 heteroatoms. The van der Waals surface area contributed by atoms with E-state index in [1.54, 1.807) is 5.56 Å². The normalized spacial score (nSPS) is 22.8. The summed E-state index contributed by atoms with van der Waals surface area (Å²) in [5.74, 6) is 1.45. The summed E-state index contributed by atoms with van der Waals surface area (Å²) in [5.41, 5.74) is 8.90. The SMILES string of the molecule is Cc1c([C@@H]2[C@@H](CC[NH3+])C2(C)C)c2ccc3ccccc3c2n1C. The summed E-state index contributed by atoms with van der Waals surface area (Å²) in [5, 5.41) is 4.15. The summed E-state index contributed by atoms with van der Waals surface area (Å²) in [6.45, 7) is 8.19. The predicted molar refractivity (Wildman–Crippen MR) is 97.5 cm³/mol. The van der Waals surface area contributed by atoms with E-state index in [2.05, 4.69) is 74.5 Å². The molecule has 2 nitrogen and oxygen atoms in total. The maximum Gasteiger partial charge on any atom is 0.0742 e. The van der Waals surface area contributed by atoms with Gasteiger partial charge >= 0.3 is 0 Å². The Bertz CT molecular complexity index is 901. The number of aryl methyl sites for hydroxylation is 1. The van der Waals surface area contributed by atoms with Crippen LogP contribution >= 0.6 is 0 Å². The second-order valence-electron chi connectivity index (χ2n) is 7.79. The van der Waals surface area contributed by atoms with Crippen LogP contribution in [0, 0.1) is 18.3 Å². The molecule has 1 fully saturated rings. The highest BCUT2D eigenvalue weighted by atomic mass is 15.0. The molecule has 1 aromatic heterocycles. The summed E-state index contributed by atoms with van der Waals surface area (Å²) < 4.78 is 2.41. The molecule has 0 unspecified atom stereocenters. The third-order valence-corrected chi connectivity index (χ3v) is 6.30. The van der Waals surface area contributed by atoms with Crippen LogP contribution in [0.5, 0.6) is 0 Å². The number of aromatic nitrogens is 1. The fourth-order valence-corrected chi connectivity index (χ4v) is 4.85. The lowest BCUT2D eigenvalue weighted by Crippen LogP contribution is -2.50. The van der Waals surface area contributed by atoms with E-state index >= 15 is 0 Å². The molecule has 0 radical (unpaired) electrons. The Morgan fingerprint density at radius 2 is 1.83 bits per heavy atom. The number of benzene rings is 2. The Labute approximate surface area is 138 Å². The van der Waals surface area contributed by atoms with Crippen molar-refractivity contribution in [2.24, 2.45) is 18.4 Å². The van der Waals surface area contributed by atoms with Crippen molar-refractivity contribution in [3.63, 3.8) is 0 Å². The van der Waals surface area contributed by atoms with E-state index in [1.807, 2.05) is 0 Å². The number of hydrogen-bond donors (Lipinski definition) is 1. The van der Waals surface area contributed by atoms with E-state index in [9.17, 15) is 0 Å². The average Bonchev–Trinajstić information content (AvgIpc) is 2.96. The molecule has 2 atom stereocenters. The molecular formula is C21H27N2+. The van der Waals surface area contributed by atoms with Gasteiger partial charge in [0.05, 0.1) is 12.1 Å². The first-order valence-electron chi connectivity index (χ1n) is 8.74. The van der Waals surface area contributed by atoms with Crippen molar-refractivity contribution >= 4 is 21.7 Å². The monoisotopic (exact) mass is 307 g/mol. The van der Waals surface area contributed by atoms with Gasteiger partial charge in [-0.1, -0.05) is 50.2 Å². The van der Waals surface area contributed by atoms with Crippen molar-refractivity contribution in [1.29, 1.82) is 0 Å². The summed E-state index contributed by atoms with van der Waals surface area (Å²) >= 11 is 0. The number of nitrogens with zero attached hydrogens (tertiary/aromatic N) is 1. The van der Waals surface area contributed by atoms with Gasteiger partial charge in [-0.2, -0.15) is 0 Å². The molecule has 1 aliphatic carbocycles. The zero-order chi connectivity index (χ0) is 16.4. The van der Waals surface area contributed by atoms with Crippen LogP contribution in [0.4, 0.5) is 0 Å². The zero-order valence-electron chi connectivity index (χ0n) is 14.7. The van der Waals surface area contributed by atoms with Gasteiger partial charge in [-0.05, 0) is 35.1 Å². The largest absolute Gasteiger partial charge is 0.358 e. The molecule has 0 bridgehead atoms. The fraction of sp³-hybridized carbons (Fsp3) is 0.429. The lowest BCUT2D eigenvalue weighted by atomic mass is 9.98. The third kappa shape index (κ3) is 1.91. The van der Waals surface area contributed by atoms with E-state index in [1.165, 1.54) is 33.8 Å². The van der Waals surface area contributed by atoms with Crippen molar-refractivity contribution in [1.82, 2.24) is 4.57 Å². The van der Waals surface area contributed by atoms with Gasteiger partial charge in [-0.3, -0.25) is 0 Å². The number of hydrogen-bond acceptors (Lipinski definition) is 0. The lowest BCUT2D eigenvalue weighted by Gasteiger charge is -2.04. The van der Waals surface area contributed by atoms with Crippen LogP contribution in [0.1, 0.15) is 37.4 Å². The summed E-state index contributed by atoms with van der Waals surface area (Å²) in [6, 6.07) is 13.4. The molecule has 0 saturated heterocycles. The molecule has 1 saturated carbocycles. The minimum atomic E-state index is 0.405. The fourth-order valence-electron chi connectivity index (χ4n) is 4.85. The van der Waals surface area contributed by atoms with Gasteiger partial charge in [0.15, 0.2) is 0 Å². The Kier molecular flexibility index (Phi) is 3.11. The molecule has 120 valence electrons. The van der Waals surface area contributed by atoms with Crippen LogP contribution in [0.25, 0.3) is 21.7 Å². The Hall–Kier alpha value is -1.80. The van der Waals surface area contributed by atoms with E-state index in [-0.39, 0.29) is 0 Å². The molecule has 0 amide bonds. The zero-order valence-corrected chi connectivity index (χ0v) is 14.7. The molecule has 3 N–H and O–H groups in total. The molecule has 1 aliphatic rings. The first-order chi connectivity index (χ1) is 11.0. The third-order valence-electron chi connectivity index (χ3n) is 6.30. The molecule has 4 rings (SSSR count). The van der Waals surface area contributed by atoms with Crippen LogP contribution < -0.4 is 5.73 Å². The Morgan fingerprint density at radius 3 is 2.57 bits per heavy atom. The minimum absolute atomic E-state index is 0.405. The molecule has 2 aromatic carbocycles. The van der Waals surface area contributed by atoms with Gasteiger partial charge in [-0.25, -0.2) is 0 Å². The first kappa shape index (κ1) is 14.8. The van der Waals surface area contributed by atoms with E-state index < -0.39 is 0 Å². The van der Waals surface area contributed by atoms with Crippen molar-refractivity contribution in [2.75, 3.05) is 6.54 Å². The van der Waals surface area contributed by atoms with Crippen LogP contribution in [0.15, 0.2) is 36.4 Å². The van der Waals surface area contributed by atoms with E-state index in [0.29, 0.717) is 11.3 Å². The Balaban J connectivity index is 1.99. The second kappa shape index (κ2) is 4.85. The highest BCUT2D eigenvalue weighted by Crippen LogP contribution is 2.67. The van der Waals surface area contributed by atoms with Gasteiger partial charge in [-0.15, -0.1) is 0 Å². The van der Waals surface area contributed by atoms with Gasteiger partial charge in [0, 0.05) is 29.9 Å². The van der Waals surface area contributed by atoms with Gasteiger partial charge < -0.3 is 10.3 Å². The summed E-state index contributed by atoms with van der Waals surface area (Å²) in [7, 11) is 2.22. The summed E-state index contributed by atoms with van der Waals surface area (Å²) in [4.78, 5) is 0. The molecular weight excluding hydrogens is 280 g/mol. The second-order valence-corrected chi connectivity index (χ2v) is 7.79. The molecule has 0 spiro atoms. The standard InChI is InChI=1S/C21H26N2/c1-13-18(19-17(11-12-22)21(19,2)3)16-10-9-14-7-5-6-8-15(14)20(16)23(13)4/h5-10,17,19H,11-12,22H2,1-4H3/p+1/t17-,19+/m1/s1. The van der Waals surface area contributed by atoms with Crippen LogP contribution in [-0.4, -0.2) is 11.1 Å². The van der Waals surface area contributed by atoms with E-state index in [4.69, 9.17) is 0 Å². The molecule has 0 aliphatic heterocycles. The predicted octanol–water partition coefficient (Wildman–Crippen LogP) is 4.01. The van der Waals surface area contributed by atoms with Crippen LogP contribution in [0.2, 0.25) is 0 Å². The Morgan fingerprint density at radius 1 is 1.09 bits per heavy atom. The van der Waals surface area contributed by atoms with Gasteiger partial charge in [0.2, 0.25) is 0 Å². The maximum atomic E-state index is 4.09. The van der Waals surface area contributed by atoms with E-state index in [0.717, 1.165) is 12.5 Å². The van der Waals surface area contributed by atoms with Gasteiger partial charge in [0.1, 0.15) is 0 Å². The van der Waals surface area contributed by atoms with Crippen molar-refractivity contribution < 1.29 is 5.73 Å². The van der Waals surface area contributed by atoms with Crippen molar-refractivity contribution in [3.8, 4) is 0 Å². The lowest BCUT2D eigenvalue weighted by molar-refractivity contribution is -0.369. The minimum Gasteiger partial charge on any atom is -0.358 e. The highest BCUT2D eigenvalue weighted by Gasteiger charge is 2.58. The highest BCUT2D eigenvalue weighted by molar-refractivity contribution is 6.07. The average molecular weight is 307 g/mol. The molecule has 1 heterocycles. The molecule has 23 heavy (non-hydrogen) atoms. The molecule has 3 aromatic rings. The first-order valence-corrected chi connectivity index (χ1v) is 8.74. The quantitative estimate of drug-likeness (QED) is 0.758.